The van der Waals surface area contributed by atoms with E-state index in [-0.39, 0.29) is 33.1 Å². The first-order chi connectivity index (χ1) is 18.2. The van der Waals surface area contributed by atoms with Crippen LogP contribution in [0.3, 0.4) is 0 Å². The van der Waals surface area contributed by atoms with Gasteiger partial charge in [0.25, 0.3) is 10.0 Å². The molecule has 11 heteroatoms. The van der Waals surface area contributed by atoms with Crippen LogP contribution in [-0.2, 0) is 26.2 Å². The van der Waals surface area contributed by atoms with Crippen molar-refractivity contribution in [2.24, 2.45) is 0 Å². The molecule has 1 atom stereocenters. The van der Waals surface area contributed by atoms with E-state index >= 15 is 0 Å². The second kappa shape index (κ2) is 12.7. The second-order valence-corrected chi connectivity index (χ2v) is 13.5. The third kappa shape index (κ3) is 7.97. The monoisotopic (exact) mass is 653 g/mol. The average molecular weight is 655 g/mol. The molecule has 0 fully saturated rings. The van der Waals surface area contributed by atoms with Gasteiger partial charge in [0.2, 0.25) is 11.8 Å². The molecule has 0 aliphatic carbocycles. The highest BCUT2D eigenvalue weighted by molar-refractivity contribution is 9.10. The standard InChI is InChI=1S/C28H30BrCl2N3O4S/c1-19(27(36)32-28(2,3)4)33(17-20-10-8-11-21(29)16-20)25(35)18-34(24-15-9-14-23(30)26(24)31)39(37,38)22-12-6-5-7-13-22/h5-16,19H,17-18H2,1-4H3,(H,32,36)/t19-/m1/s1. The van der Waals surface area contributed by atoms with Crippen molar-refractivity contribution >= 4 is 66.7 Å². The highest BCUT2D eigenvalue weighted by Gasteiger charge is 2.34. The van der Waals surface area contributed by atoms with Gasteiger partial charge in [0.15, 0.2) is 0 Å². The zero-order valence-electron chi connectivity index (χ0n) is 22.0. The van der Waals surface area contributed by atoms with Crippen LogP contribution in [0.1, 0.15) is 33.3 Å². The Labute approximate surface area is 248 Å². The Bertz CT molecular complexity index is 1450. The summed E-state index contributed by atoms with van der Waals surface area (Å²) in [4.78, 5) is 28.4. The Hall–Kier alpha value is -2.59. The van der Waals surface area contributed by atoms with Crippen molar-refractivity contribution in [2.45, 2.75) is 50.7 Å². The van der Waals surface area contributed by atoms with E-state index in [0.29, 0.717) is 0 Å². The normalized spacial score (nSPS) is 12.5. The number of benzene rings is 3. The van der Waals surface area contributed by atoms with Gasteiger partial charge in [-0.15, -0.1) is 0 Å². The first-order valence-electron chi connectivity index (χ1n) is 12.1. The van der Waals surface area contributed by atoms with E-state index in [1.807, 2.05) is 45.0 Å². The zero-order valence-corrected chi connectivity index (χ0v) is 25.9. The van der Waals surface area contributed by atoms with E-state index in [0.717, 1.165) is 14.3 Å². The van der Waals surface area contributed by atoms with Crippen LogP contribution in [0.25, 0.3) is 0 Å². The van der Waals surface area contributed by atoms with Gasteiger partial charge in [-0.3, -0.25) is 13.9 Å². The van der Waals surface area contributed by atoms with Crippen LogP contribution in [0, 0.1) is 0 Å². The van der Waals surface area contributed by atoms with E-state index in [9.17, 15) is 18.0 Å². The summed E-state index contributed by atoms with van der Waals surface area (Å²) in [6.07, 6.45) is 0. The molecular weight excluding hydrogens is 625 g/mol. The molecule has 0 radical (unpaired) electrons. The SMILES string of the molecule is C[C@H](C(=O)NC(C)(C)C)N(Cc1cccc(Br)c1)C(=O)CN(c1cccc(Cl)c1Cl)S(=O)(=O)c1ccccc1. The van der Waals surface area contributed by atoms with Gasteiger partial charge in [0.1, 0.15) is 12.6 Å². The van der Waals surface area contributed by atoms with E-state index in [1.54, 1.807) is 31.2 Å². The number of nitrogens with one attached hydrogen (secondary N) is 1. The number of carbonyl (C=O) groups is 2. The third-order valence-corrected chi connectivity index (χ3v) is 8.79. The van der Waals surface area contributed by atoms with Crippen LogP contribution in [0.15, 0.2) is 82.2 Å². The molecule has 208 valence electrons. The molecule has 39 heavy (non-hydrogen) atoms. The number of hydrogen-bond donors (Lipinski definition) is 1. The van der Waals surface area contributed by atoms with E-state index in [4.69, 9.17) is 23.2 Å². The number of amides is 2. The van der Waals surface area contributed by atoms with Crippen LogP contribution >= 0.6 is 39.1 Å². The fourth-order valence-electron chi connectivity index (χ4n) is 3.81. The summed E-state index contributed by atoms with van der Waals surface area (Å²) in [5.74, 6) is -0.966. The predicted octanol–water partition coefficient (Wildman–Crippen LogP) is 6.28. The fourth-order valence-corrected chi connectivity index (χ4v) is 6.15. The molecule has 2 amide bonds. The number of nitrogens with zero attached hydrogens (tertiary/aromatic N) is 2. The molecule has 0 bridgehead atoms. The van der Waals surface area contributed by atoms with Gasteiger partial charge in [-0.2, -0.15) is 0 Å². The molecule has 7 nitrogen and oxygen atoms in total. The van der Waals surface area contributed by atoms with Gasteiger partial charge in [-0.05, 0) is 69.7 Å². The van der Waals surface area contributed by atoms with E-state index in [1.165, 1.54) is 29.2 Å². The molecule has 0 aliphatic heterocycles. The average Bonchev–Trinajstić information content (AvgIpc) is 2.86. The van der Waals surface area contributed by atoms with Crippen molar-refractivity contribution in [3.05, 3.63) is 92.9 Å². The lowest BCUT2D eigenvalue weighted by atomic mass is 10.1. The summed E-state index contributed by atoms with van der Waals surface area (Å²) in [7, 11) is -4.24. The Kier molecular flexibility index (Phi) is 10.1. The maximum absolute atomic E-state index is 14.0. The first kappa shape index (κ1) is 30.9. The van der Waals surface area contributed by atoms with Crippen LogP contribution in [0.5, 0.6) is 0 Å². The number of halogens is 3. The Morgan fingerprint density at radius 3 is 2.23 bits per heavy atom. The van der Waals surface area contributed by atoms with Gasteiger partial charge >= 0.3 is 0 Å². The molecule has 0 spiro atoms. The van der Waals surface area contributed by atoms with E-state index in [2.05, 4.69) is 21.2 Å². The van der Waals surface area contributed by atoms with Gasteiger partial charge < -0.3 is 10.2 Å². The highest BCUT2D eigenvalue weighted by Crippen LogP contribution is 2.35. The minimum absolute atomic E-state index is 0.0106. The van der Waals surface area contributed by atoms with E-state index < -0.39 is 34.1 Å². The summed E-state index contributed by atoms with van der Waals surface area (Å²) in [6.45, 7) is 6.59. The topological polar surface area (TPSA) is 86.8 Å². The molecule has 0 aromatic heterocycles. The van der Waals surface area contributed by atoms with Gasteiger partial charge in [0, 0.05) is 16.6 Å². The second-order valence-electron chi connectivity index (χ2n) is 9.96. The number of anilines is 1. The quantitative estimate of drug-likeness (QED) is 0.294. The van der Waals surface area contributed by atoms with Crippen molar-refractivity contribution in [1.29, 1.82) is 0 Å². The smallest absolute Gasteiger partial charge is 0.264 e. The molecule has 3 aromatic carbocycles. The summed E-state index contributed by atoms with van der Waals surface area (Å²) >= 11 is 16.1. The number of sulfonamides is 1. The molecule has 1 N–H and O–H groups in total. The van der Waals surface area contributed by atoms with Crippen molar-refractivity contribution in [3.63, 3.8) is 0 Å². The minimum Gasteiger partial charge on any atom is -0.350 e. The van der Waals surface area contributed by atoms with Gasteiger partial charge in [-0.25, -0.2) is 8.42 Å². The fraction of sp³-hybridized carbons (Fsp3) is 0.286. The molecule has 0 heterocycles. The van der Waals surface area contributed by atoms with Crippen LogP contribution in [-0.4, -0.2) is 43.3 Å². The molecule has 3 rings (SSSR count). The van der Waals surface area contributed by atoms with Crippen molar-refractivity contribution in [1.82, 2.24) is 10.2 Å². The Morgan fingerprint density at radius 2 is 1.62 bits per heavy atom. The molecule has 0 saturated carbocycles. The molecular formula is C28H30BrCl2N3O4S. The predicted molar refractivity (Wildman–Crippen MR) is 159 cm³/mol. The van der Waals surface area contributed by atoms with Gasteiger partial charge in [-0.1, -0.05) is 75.5 Å². The molecule has 3 aromatic rings. The number of carbonyl (C=O) groups excluding carboxylic acids is 2. The maximum Gasteiger partial charge on any atom is 0.264 e. The molecule has 0 saturated heterocycles. The van der Waals surface area contributed by atoms with Crippen molar-refractivity contribution in [3.8, 4) is 0 Å². The van der Waals surface area contributed by atoms with Crippen molar-refractivity contribution in [2.75, 3.05) is 10.8 Å². The highest BCUT2D eigenvalue weighted by atomic mass is 79.9. The summed E-state index contributed by atoms with van der Waals surface area (Å²) < 4.78 is 29.4. The van der Waals surface area contributed by atoms with Crippen LogP contribution in [0.2, 0.25) is 10.0 Å². The Morgan fingerprint density at radius 1 is 0.974 bits per heavy atom. The molecule has 0 unspecified atom stereocenters. The lowest BCUT2D eigenvalue weighted by molar-refractivity contribution is -0.140. The summed E-state index contributed by atoms with van der Waals surface area (Å²) in [5.41, 5.74) is 0.272. The van der Waals surface area contributed by atoms with Gasteiger partial charge in [0.05, 0.1) is 20.6 Å². The number of rotatable bonds is 9. The van der Waals surface area contributed by atoms with Crippen LogP contribution < -0.4 is 9.62 Å². The largest absolute Gasteiger partial charge is 0.350 e. The molecule has 0 aliphatic rings. The Balaban J connectivity index is 2.07. The lowest BCUT2D eigenvalue weighted by Crippen LogP contribution is -2.54. The minimum atomic E-state index is -4.24. The lowest BCUT2D eigenvalue weighted by Gasteiger charge is -2.33. The first-order valence-corrected chi connectivity index (χ1v) is 15.1. The maximum atomic E-state index is 14.0. The van der Waals surface area contributed by atoms with Crippen molar-refractivity contribution < 1.29 is 18.0 Å². The summed E-state index contributed by atoms with van der Waals surface area (Å²) in [6, 6.07) is 18.7. The number of hydrogen-bond acceptors (Lipinski definition) is 4. The zero-order chi connectivity index (χ0) is 29.0. The van der Waals surface area contributed by atoms with Crippen LogP contribution in [0.4, 0.5) is 5.69 Å². The third-order valence-electron chi connectivity index (χ3n) is 5.72. The summed E-state index contributed by atoms with van der Waals surface area (Å²) in [5, 5.41) is 3.02.